The summed E-state index contributed by atoms with van der Waals surface area (Å²) in [6.45, 7) is 1.29. The standard InChI is InChI=1S/C24H30N4O4/c1-26(2)16-23(30)27(3)19-7-9-20(10-8-19)28-15-17(13-22(28)29)14-25-24(31)18-5-11-21(32-4)12-6-18/h5-12,17H,13-16H2,1-4H3,(H,25,31). The fourth-order valence-electron chi connectivity index (χ4n) is 3.63. The summed E-state index contributed by atoms with van der Waals surface area (Å²) >= 11 is 0. The van der Waals surface area contributed by atoms with E-state index in [1.165, 1.54) is 0 Å². The Kier molecular flexibility index (Phi) is 7.48. The van der Waals surface area contributed by atoms with Crippen molar-refractivity contribution in [3.8, 4) is 5.75 Å². The summed E-state index contributed by atoms with van der Waals surface area (Å²) in [4.78, 5) is 42.3. The van der Waals surface area contributed by atoms with E-state index in [9.17, 15) is 14.4 Å². The Balaban J connectivity index is 1.55. The van der Waals surface area contributed by atoms with Gasteiger partial charge < -0.3 is 24.8 Å². The van der Waals surface area contributed by atoms with Gasteiger partial charge in [-0.15, -0.1) is 0 Å². The predicted octanol–water partition coefficient (Wildman–Crippen LogP) is 2.00. The average molecular weight is 439 g/mol. The van der Waals surface area contributed by atoms with Gasteiger partial charge in [0.15, 0.2) is 0 Å². The lowest BCUT2D eigenvalue weighted by Gasteiger charge is -2.21. The van der Waals surface area contributed by atoms with E-state index >= 15 is 0 Å². The number of likely N-dealkylation sites (N-methyl/N-ethyl adjacent to an activating group) is 2. The van der Waals surface area contributed by atoms with Crippen LogP contribution in [0.3, 0.4) is 0 Å². The van der Waals surface area contributed by atoms with Gasteiger partial charge in [-0.1, -0.05) is 0 Å². The Morgan fingerprint density at radius 2 is 1.72 bits per heavy atom. The van der Waals surface area contributed by atoms with Crippen molar-refractivity contribution in [2.45, 2.75) is 6.42 Å². The molecule has 2 aromatic rings. The molecule has 0 radical (unpaired) electrons. The second kappa shape index (κ2) is 10.3. The van der Waals surface area contributed by atoms with Crippen molar-refractivity contribution in [3.05, 3.63) is 54.1 Å². The van der Waals surface area contributed by atoms with E-state index < -0.39 is 0 Å². The van der Waals surface area contributed by atoms with Crippen LogP contribution in [0, 0.1) is 5.92 Å². The van der Waals surface area contributed by atoms with Crippen molar-refractivity contribution in [2.24, 2.45) is 5.92 Å². The van der Waals surface area contributed by atoms with Gasteiger partial charge in [0, 0.05) is 49.4 Å². The molecule has 0 saturated carbocycles. The third-order valence-corrected chi connectivity index (χ3v) is 5.48. The van der Waals surface area contributed by atoms with Crippen molar-refractivity contribution >= 4 is 29.1 Å². The highest BCUT2D eigenvalue weighted by Gasteiger charge is 2.31. The first-order chi connectivity index (χ1) is 15.3. The molecule has 8 heteroatoms. The second-order valence-corrected chi connectivity index (χ2v) is 8.22. The molecule has 170 valence electrons. The van der Waals surface area contributed by atoms with Crippen LogP contribution in [0.1, 0.15) is 16.8 Å². The molecule has 8 nitrogen and oxygen atoms in total. The Hall–Kier alpha value is -3.39. The molecule has 0 bridgehead atoms. The zero-order valence-corrected chi connectivity index (χ0v) is 19.0. The molecule has 0 aromatic heterocycles. The normalized spacial score (nSPS) is 15.7. The summed E-state index contributed by atoms with van der Waals surface area (Å²) in [6.07, 6.45) is 0.381. The van der Waals surface area contributed by atoms with Crippen LogP contribution in [-0.4, -0.2) is 70.5 Å². The largest absolute Gasteiger partial charge is 0.497 e. The third-order valence-electron chi connectivity index (χ3n) is 5.48. The van der Waals surface area contributed by atoms with Crippen LogP contribution < -0.4 is 19.9 Å². The minimum atomic E-state index is -0.173. The van der Waals surface area contributed by atoms with Crippen LogP contribution in [0.2, 0.25) is 0 Å². The number of nitrogens with zero attached hydrogens (tertiary/aromatic N) is 3. The minimum absolute atomic E-state index is 0.00679. The van der Waals surface area contributed by atoms with E-state index in [0.29, 0.717) is 37.4 Å². The van der Waals surface area contributed by atoms with E-state index in [4.69, 9.17) is 4.74 Å². The average Bonchev–Trinajstić information content (AvgIpc) is 3.17. The number of hydrogen-bond acceptors (Lipinski definition) is 5. The summed E-state index contributed by atoms with van der Waals surface area (Å²) in [5.41, 5.74) is 2.11. The van der Waals surface area contributed by atoms with Crippen molar-refractivity contribution < 1.29 is 19.1 Å². The van der Waals surface area contributed by atoms with Crippen LogP contribution in [-0.2, 0) is 9.59 Å². The summed E-state index contributed by atoms with van der Waals surface area (Å²) in [5.74, 6) is 0.575. The van der Waals surface area contributed by atoms with Crippen LogP contribution in [0.5, 0.6) is 5.75 Å². The quantitative estimate of drug-likeness (QED) is 0.682. The molecule has 1 fully saturated rings. The molecule has 3 amide bonds. The number of amides is 3. The Bertz CT molecular complexity index is 957. The number of anilines is 2. The van der Waals surface area contributed by atoms with E-state index in [2.05, 4.69) is 5.32 Å². The van der Waals surface area contributed by atoms with Crippen molar-refractivity contribution in [1.82, 2.24) is 10.2 Å². The molecule has 0 aliphatic carbocycles. The number of benzene rings is 2. The first-order valence-electron chi connectivity index (χ1n) is 10.5. The van der Waals surface area contributed by atoms with Gasteiger partial charge in [-0.2, -0.15) is 0 Å². The highest BCUT2D eigenvalue weighted by Crippen LogP contribution is 2.27. The lowest BCUT2D eigenvalue weighted by molar-refractivity contribution is -0.119. The molecule has 1 atom stereocenters. The Labute approximate surface area is 188 Å². The van der Waals surface area contributed by atoms with E-state index in [0.717, 1.165) is 11.4 Å². The van der Waals surface area contributed by atoms with E-state index in [1.807, 2.05) is 43.3 Å². The molecule has 0 spiro atoms. The van der Waals surface area contributed by atoms with Gasteiger partial charge >= 0.3 is 0 Å². The summed E-state index contributed by atoms with van der Waals surface area (Å²) in [7, 11) is 7.02. The lowest BCUT2D eigenvalue weighted by atomic mass is 10.1. The summed E-state index contributed by atoms with van der Waals surface area (Å²) < 4.78 is 5.11. The van der Waals surface area contributed by atoms with Crippen molar-refractivity contribution in [3.63, 3.8) is 0 Å². The first kappa shape index (κ1) is 23.3. The molecule has 1 saturated heterocycles. The van der Waals surface area contributed by atoms with Gasteiger partial charge in [-0.3, -0.25) is 14.4 Å². The molecule has 32 heavy (non-hydrogen) atoms. The van der Waals surface area contributed by atoms with Crippen LogP contribution in [0.15, 0.2) is 48.5 Å². The van der Waals surface area contributed by atoms with Gasteiger partial charge in [0.05, 0.1) is 13.7 Å². The molecular weight excluding hydrogens is 408 g/mol. The SMILES string of the molecule is COc1ccc(C(=O)NCC2CC(=O)N(c3ccc(N(C)C(=O)CN(C)C)cc3)C2)cc1. The minimum Gasteiger partial charge on any atom is -0.497 e. The Morgan fingerprint density at radius 3 is 2.31 bits per heavy atom. The zero-order valence-electron chi connectivity index (χ0n) is 19.0. The van der Waals surface area contributed by atoms with E-state index in [1.54, 1.807) is 48.2 Å². The molecule has 1 heterocycles. The molecule has 1 unspecified atom stereocenters. The molecule has 1 N–H and O–H groups in total. The van der Waals surface area contributed by atoms with Gasteiger partial charge in [0.25, 0.3) is 5.91 Å². The van der Waals surface area contributed by atoms with E-state index in [-0.39, 0.29) is 23.6 Å². The number of ether oxygens (including phenoxy) is 1. The van der Waals surface area contributed by atoms with Crippen LogP contribution in [0.4, 0.5) is 11.4 Å². The molecule has 3 rings (SSSR count). The number of nitrogens with one attached hydrogen (secondary N) is 1. The van der Waals surface area contributed by atoms with Crippen LogP contribution in [0.25, 0.3) is 0 Å². The van der Waals surface area contributed by atoms with Gasteiger partial charge in [-0.05, 0) is 62.6 Å². The van der Waals surface area contributed by atoms with Crippen LogP contribution >= 0.6 is 0 Å². The smallest absolute Gasteiger partial charge is 0.251 e. The van der Waals surface area contributed by atoms with Crippen molar-refractivity contribution in [1.29, 1.82) is 0 Å². The zero-order chi connectivity index (χ0) is 23.3. The molecular formula is C24H30N4O4. The summed E-state index contributed by atoms with van der Waals surface area (Å²) in [6, 6.07) is 14.3. The maximum absolute atomic E-state index is 12.5. The monoisotopic (exact) mass is 438 g/mol. The predicted molar refractivity (Wildman–Crippen MR) is 124 cm³/mol. The fourth-order valence-corrected chi connectivity index (χ4v) is 3.63. The molecule has 2 aromatic carbocycles. The van der Waals surface area contributed by atoms with Gasteiger partial charge in [-0.25, -0.2) is 0 Å². The number of methoxy groups -OCH3 is 1. The third kappa shape index (κ3) is 5.64. The van der Waals surface area contributed by atoms with Crippen molar-refractivity contribution in [2.75, 3.05) is 57.7 Å². The highest BCUT2D eigenvalue weighted by atomic mass is 16.5. The highest BCUT2D eigenvalue weighted by molar-refractivity contribution is 5.97. The maximum atomic E-state index is 12.5. The summed E-state index contributed by atoms with van der Waals surface area (Å²) in [5, 5.41) is 2.92. The molecule has 1 aliphatic rings. The molecule has 1 aliphatic heterocycles. The Morgan fingerprint density at radius 1 is 1.06 bits per heavy atom. The number of hydrogen-bond donors (Lipinski definition) is 1. The number of carbonyl (C=O) groups excluding carboxylic acids is 3. The first-order valence-corrected chi connectivity index (χ1v) is 10.5. The number of carbonyl (C=O) groups is 3. The second-order valence-electron chi connectivity index (χ2n) is 8.22. The topological polar surface area (TPSA) is 82.2 Å². The fraction of sp³-hybridized carbons (Fsp3) is 0.375. The lowest BCUT2D eigenvalue weighted by Crippen LogP contribution is -2.35. The number of rotatable bonds is 8. The van der Waals surface area contributed by atoms with Gasteiger partial charge in [0.1, 0.15) is 5.75 Å². The van der Waals surface area contributed by atoms with Gasteiger partial charge in [0.2, 0.25) is 11.8 Å². The maximum Gasteiger partial charge on any atom is 0.251 e.